The van der Waals surface area contributed by atoms with Crippen LogP contribution in [0.3, 0.4) is 0 Å². The zero-order valence-electron chi connectivity index (χ0n) is 11.3. The van der Waals surface area contributed by atoms with Crippen LogP contribution in [-0.2, 0) is 4.79 Å². The molecule has 6 heteroatoms. The number of nitrogens with one attached hydrogen (secondary N) is 1. The second kappa shape index (κ2) is 7.06. The highest BCUT2D eigenvalue weighted by Crippen LogP contribution is 2.24. The second-order valence-corrected chi connectivity index (χ2v) is 5.94. The molecule has 1 aromatic carbocycles. The van der Waals surface area contributed by atoms with Crippen LogP contribution in [0.2, 0.25) is 0 Å². The van der Waals surface area contributed by atoms with Crippen molar-refractivity contribution in [3.05, 3.63) is 22.7 Å². The van der Waals surface area contributed by atoms with Crippen LogP contribution in [0.15, 0.2) is 22.7 Å². The van der Waals surface area contributed by atoms with Crippen LogP contribution in [0.5, 0.6) is 0 Å². The van der Waals surface area contributed by atoms with E-state index < -0.39 is 0 Å². The zero-order chi connectivity index (χ0) is 14.5. The van der Waals surface area contributed by atoms with Crippen molar-refractivity contribution in [3.8, 4) is 0 Å². The Bertz CT molecular complexity index is 481. The lowest BCUT2D eigenvalue weighted by Crippen LogP contribution is -2.45. The number of nitrogen functional groups attached to an aromatic ring is 1. The Balaban J connectivity index is 1.94. The molecule has 110 valence electrons. The van der Waals surface area contributed by atoms with E-state index in [0.717, 1.165) is 30.3 Å². The molecule has 20 heavy (non-hydrogen) atoms. The Morgan fingerprint density at radius 3 is 3.00 bits per heavy atom. The lowest BCUT2D eigenvalue weighted by atomic mass is 10.0. The molecule has 1 aliphatic heterocycles. The maximum Gasteiger partial charge on any atom is 0.238 e. The molecule has 0 bridgehead atoms. The van der Waals surface area contributed by atoms with E-state index in [1.54, 1.807) is 18.2 Å². The summed E-state index contributed by atoms with van der Waals surface area (Å²) in [7, 11) is 0. The molecular weight excluding hydrogens is 322 g/mol. The first-order valence-corrected chi connectivity index (χ1v) is 7.59. The van der Waals surface area contributed by atoms with Crippen molar-refractivity contribution in [1.29, 1.82) is 0 Å². The SMILES string of the molecule is Nc1ccc(NC(=O)CN2CCCCC2CO)c(Br)c1. The number of aliphatic hydroxyl groups excluding tert-OH is 1. The van der Waals surface area contributed by atoms with Crippen molar-refractivity contribution < 1.29 is 9.90 Å². The number of carbonyl (C=O) groups is 1. The summed E-state index contributed by atoms with van der Waals surface area (Å²) in [4.78, 5) is 14.1. The first kappa shape index (κ1) is 15.3. The minimum Gasteiger partial charge on any atom is -0.399 e. The summed E-state index contributed by atoms with van der Waals surface area (Å²) in [6.45, 7) is 1.28. The minimum atomic E-state index is -0.0733. The van der Waals surface area contributed by atoms with Crippen molar-refractivity contribution in [2.24, 2.45) is 0 Å². The number of nitrogens with zero attached hydrogens (tertiary/aromatic N) is 1. The zero-order valence-corrected chi connectivity index (χ0v) is 12.9. The molecule has 1 fully saturated rings. The molecular formula is C14H20BrN3O2. The quantitative estimate of drug-likeness (QED) is 0.730. The Kier molecular flexibility index (Phi) is 5.39. The number of likely N-dealkylation sites (tertiary alicyclic amines) is 1. The van der Waals surface area contributed by atoms with Gasteiger partial charge in [-0.3, -0.25) is 9.69 Å². The maximum absolute atomic E-state index is 12.1. The lowest BCUT2D eigenvalue weighted by Gasteiger charge is -2.33. The topological polar surface area (TPSA) is 78.6 Å². The molecule has 1 unspecified atom stereocenters. The number of rotatable bonds is 4. The van der Waals surface area contributed by atoms with E-state index in [-0.39, 0.29) is 18.6 Å². The Morgan fingerprint density at radius 1 is 1.50 bits per heavy atom. The van der Waals surface area contributed by atoms with Crippen LogP contribution in [0.4, 0.5) is 11.4 Å². The molecule has 1 amide bonds. The monoisotopic (exact) mass is 341 g/mol. The molecule has 0 aromatic heterocycles. The first-order valence-electron chi connectivity index (χ1n) is 6.80. The Morgan fingerprint density at radius 2 is 2.30 bits per heavy atom. The van der Waals surface area contributed by atoms with Crippen LogP contribution < -0.4 is 11.1 Å². The number of nitrogens with two attached hydrogens (primary N) is 1. The Hall–Kier alpha value is -1.11. The van der Waals surface area contributed by atoms with Crippen LogP contribution in [0, 0.1) is 0 Å². The van der Waals surface area contributed by atoms with Gasteiger partial charge < -0.3 is 16.2 Å². The van der Waals surface area contributed by atoms with Gasteiger partial charge in [0, 0.05) is 16.2 Å². The third-order valence-electron chi connectivity index (χ3n) is 3.57. The fourth-order valence-electron chi connectivity index (χ4n) is 2.48. The van der Waals surface area contributed by atoms with Crippen molar-refractivity contribution in [2.45, 2.75) is 25.3 Å². The van der Waals surface area contributed by atoms with Crippen molar-refractivity contribution in [1.82, 2.24) is 4.90 Å². The molecule has 1 saturated heterocycles. The molecule has 1 aliphatic rings. The number of hydrogen-bond donors (Lipinski definition) is 3. The summed E-state index contributed by atoms with van der Waals surface area (Å²) < 4.78 is 0.767. The molecule has 0 radical (unpaired) electrons. The maximum atomic E-state index is 12.1. The smallest absolute Gasteiger partial charge is 0.238 e. The first-order chi connectivity index (χ1) is 9.60. The predicted molar refractivity (Wildman–Crippen MR) is 83.5 cm³/mol. The van der Waals surface area contributed by atoms with Gasteiger partial charge in [-0.1, -0.05) is 6.42 Å². The lowest BCUT2D eigenvalue weighted by molar-refractivity contribution is -0.118. The number of hydrogen-bond acceptors (Lipinski definition) is 4. The number of carbonyl (C=O) groups excluding carboxylic acids is 1. The fraction of sp³-hybridized carbons (Fsp3) is 0.500. The van der Waals surface area contributed by atoms with Gasteiger partial charge in [0.05, 0.1) is 18.8 Å². The van der Waals surface area contributed by atoms with Crippen LogP contribution >= 0.6 is 15.9 Å². The summed E-state index contributed by atoms with van der Waals surface area (Å²) in [5, 5.41) is 12.2. The number of anilines is 2. The molecule has 1 atom stereocenters. The van der Waals surface area contributed by atoms with Gasteiger partial charge in [0.2, 0.25) is 5.91 Å². The largest absolute Gasteiger partial charge is 0.399 e. The van der Waals surface area contributed by atoms with E-state index >= 15 is 0 Å². The van der Waals surface area contributed by atoms with Crippen molar-refractivity contribution in [3.63, 3.8) is 0 Å². The fourth-order valence-corrected chi connectivity index (χ4v) is 2.98. The van der Waals surface area contributed by atoms with Gasteiger partial charge in [-0.05, 0) is 53.5 Å². The highest BCUT2D eigenvalue weighted by molar-refractivity contribution is 9.10. The van der Waals surface area contributed by atoms with Crippen LogP contribution in [-0.4, -0.2) is 41.7 Å². The molecule has 1 aromatic rings. The number of halogens is 1. The summed E-state index contributed by atoms with van der Waals surface area (Å²) in [6.07, 6.45) is 3.15. The van der Waals surface area contributed by atoms with Gasteiger partial charge in [0.1, 0.15) is 0 Å². The van der Waals surface area contributed by atoms with E-state index in [4.69, 9.17) is 5.73 Å². The third-order valence-corrected chi connectivity index (χ3v) is 4.23. The number of benzene rings is 1. The van der Waals surface area contributed by atoms with Crippen LogP contribution in [0.1, 0.15) is 19.3 Å². The highest BCUT2D eigenvalue weighted by Gasteiger charge is 2.23. The molecule has 2 rings (SSSR count). The van der Waals surface area contributed by atoms with Gasteiger partial charge in [0.15, 0.2) is 0 Å². The number of aliphatic hydroxyl groups is 1. The standard InChI is InChI=1S/C14H20BrN3O2/c15-12-7-10(16)4-5-13(12)17-14(20)8-18-6-2-1-3-11(18)9-19/h4-5,7,11,19H,1-3,6,8-9,16H2,(H,17,20). The molecule has 4 N–H and O–H groups in total. The third kappa shape index (κ3) is 3.94. The molecule has 0 spiro atoms. The van der Waals surface area contributed by atoms with Gasteiger partial charge >= 0.3 is 0 Å². The number of piperidine rings is 1. The highest BCUT2D eigenvalue weighted by atomic mass is 79.9. The van der Waals surface area contributed by atoms with Gasteiger partial charge in [-0.15, -0.1) is 0 Å². The van der Waals surface area contributed by atoms with E-state index in [2.05, 4.69) is 21.2 Å². The Labute approximate surface area is 127 Å². The predicted octanol–water partition coefficient (Wildman–Crippen LogP) is 1.82. The van der Waals surface area contributed by atoms with E-state index in [1.165, 1.54) is 0 Å². The van der Waals surface area contributed by atoms with E-state index in [0.29, 0.717) is 17.9 Å². The van der Waals surface area contributed by atoms with Gasteiger partial charge in [0.25, 0.3) is 0 Å². The molecule has 0 saturated carbocycles. The second-order valence-electron chi connectivity index (χ2n) is 5.09. The molecule has 5 nitrogen and oxygen atoms in total. The number of amides is 1. The van der Waals surface area contributed by atoms with Crippen LogP contribution in [0.25, 0.3) is 0 Å². The summed E-state index contributed by atoms with van der Waals surface area (Å²) in [5.41, 5.74) is 7.02. The minimum absolute atomic E-state index is 0.0733. The average molecular weight is 342 g/mol. The molecule has 1 heterocycles. The normalized spacial score (nSPS) is 19.8. The van der Waals surface area contributed by atoms with E-state index in [1.807, 2.05) is 4.90 Å². The van der Waals surface area contributed by atoms with Crippen molar-refractivity contribution in [2.75, 3.05) is 30.7 Å². The average Bonchev–Trinajstić information content (AvgIpc) is 2.42. The summed E-state index contributed by atoms with van der Waals surface area (Å²) in [5.74, 6) is -0.0733. The summed E-state index contributed by atoms with van der Waals surface area (Å²) >= 11 is 3.38. The molecule has 0 aliphatic carbocycles. The summed E-state index contributed by atoms with van der Waals surface area (Å²) in [6, 6.07) is 5.38. The van der Waals surface area contributed by atoms with E-state index in [9.17, 15) is 9.90 Å². The van der Waals surface area contributed by atoms with Crippen molar-refractivity contribution >= 4 is 33.2 Å². The van der Waals surface area contributed by atoms with Gasteiger partial charge in [-0.2, -0.15) is 0 Å². The van der Waals surface area contributed by atoms with Gasteiger partial charge in [-0.25, -0.2) is 0 Å².